The van der Waals surface area contributed by atoms with E-state index in [2.05, 4.69) is 20.8 Å². The molecule has 0 aliphatic carbocycles. The van der Waals surface area contributed by atoms with E-state index in [1.165, 1.54) is 0 Å². The Kier molecular flexibility index (Phi) is 3.85. The van der Waals surface area contributed by atoms with Crippen LogP contribution in [0.2, 0.25) is 0 Å². The second-order valence-corrected chi connectivity index (χ2v) is 8.22. The first kappa shape index (κ1) is 15.5. The van der Waals surface area contributed by atoms with E-state index < -0.39 is 21.4 Å². The topological polar surface area (TPSA) is 104 Å². The van der Waals surface area contributed by atoms with Crippen LogP contribution < -0.4 is 10.6 Å². The molecule has 3 N–H and O–H groups in total. The number of H-pyrrole nitrogens is 1. The summed E-state index contributed by atoms with van der Waals surface area (Å²) < 4.78 is 23.2. The van der Waals surface area contributed by atoms with Crippen LogP contribution in [0.5, 0.6) is 0 Å². The van der Waals surface area contributed by atoms with E-state index in [4.69, 9.17) is 0 Å². The Morgan fingerprint density at radius 3 is 2.83 bits per heavy atom. The van der Waals surface area contributed by atoms with E-state index in [0.29, 0.717) is 12.1 Å². The highest BCUT2D eigenvalue weighted by Gasteiger charge is 2.39. The van der Waals surface area contributed by atoms with E-state index in [-0.39, 0.29) is 11.5 Å². The minimum absolute atomic E-state index is 0.0262. The lowest BCUT2D eigenvalue weighted by atomic mass is 10.0. The van der Waals surface area contributed by atoms with Gasteiger partial charge >= 0.3 is 6.03 Å². The number of hydrogen-bond acceptors (Lipinski definition) is 4. The summed E-state index contributed by atoms with van der Waals surface area (Å²) in [6.45, 7) is 1.75. The zero-order valence-corrected chi connectivity index (χ0v) is 13.5. The number of benzene rings is 1. The average molecular weight is 334 g/mol. The molecule has 1 aromatic heterocycles. The summed E-state index contributed by atoms with van der Waals surface area (Å²) in [5.74, 6) is 0.0840. The molecule has 0 radical (unpaired) electrons. The maximum absolute atomic E-state index is 12.1. The smallest absolute Gasteiger partial charge is 0.319 e. The fourth-order valence-electron chi connectivity index (χ4n) is 2.73. The summed E-state index contributed by atoms with van der Waals surface area (Å²) in [5, 5.41) is 12.3. The van der Waals surface area contributed by atoms with Crippen LogP contribution >= 0.6 is 0 Å². The van der Waals surface area contributed by atoms with Gasteiger partial charge in [-0.3, -0.25) is 5.10 Å². The van der Waals surface area contributed by atoms with Gasteiger partial charge in [-0.25, -0.2) is 13.2 Å². The lowest BCUT2D eigenvalue weighted by molar-refractivity contribution is 0.242. The van der Waals surface area contributed by atoms with Gasteiger partial charge in [-0.05, 0) is 31.5 Å². The van der Waals surface area contributed by atoms with Crippen molar-refractivity contribution in [3.05, 3.63) is 36.5 Å². The molecule has 2 heterocycles. The highest BCUT2D eigenvalue weighted by molar-refractivity contribution is 7.91. The fourth-order valence-corrected chi connectivity index (χ4v) is 4.82. The molecular weight excluding hydrogens is 316 g/mol. The number of nitrogens with zero attached hydrogens (tertiary/aromatic N) is 1. The molecule has 122 valence electrons. The van der Waals surface area contributed by atoms with Gasteiger partial charge in [0.2, 0.25) is 0 Å². The highest BCUT2D eigenvalue weighted by atomic mass is 32.2. The Morgan fingerprint density at radius 1 is 1.35 bits per heavy atom. The predicted octanol–water partition coefficient (Wildman–Crippen LogP) is 1.78. The number of amides is 2. The van der Waals surface area contributed by atoms with Gasteiger partial charge in [0.05, 0.1) is 22.7 Å². The minimum Gasteiger partial charge on any atom is -0.332 e. The Morgan fingerprint density at radius 2 is 2.17 bits per heavy atom. The monoisotopic (exact) mass is 334 g/mol. The maximum Gasteiger partial charge on any atom is 0.319 e. The summed E-state index contributed by atoms with van der Waals surface area (Å²) in [6.07, 6.45) is 2.08. The molecule has 2 amide bonds. The number of anilines is 1. The summed E-state index contributed by atoms with van der Waals surface area (Å²) in [7, 11) is -3.06. The number of aromatic amines is 1. The number of sulfone groups is 1. The fraction of sp³-hybridized carbons (Fsp3) is 0.333. The second kappa shape index (κ2) is 5.69. The summed E-state index contributed by atoms with van der Waals surface area (Å²) in [4.78, 5) is 12.1. The van der Waals surface area contributed by atoms with Crippen molar-refractivity contribution >= 4 is 21.6 Å². The van der Waals surface area contributed by atoms with Gasteiger partial charge in [-0.15, -0.1) is 0 Å². The summed E-state index contributed by atoms with van der Waals surface area (Å²) in [5.41, 5.74) is 1.65. The number of carbonyl (C=O) groups excluding carboxylic acids is 1. The molecule has 8 heteroatoms. The molecule has 3 rings (SSSR count). The van der Waals surface area contributed by atoms with Crippen molar-refractivity contribution in [1.29, 1.82) is 0 Å². The standard InChI is InChI=1S/C15H18N4O3S/c1-15(6-8-23(21,22)10-15)18-14(20)17-12-4-2-3-11(9-12)13-5-7-16-19-13/h2-5,7,9H,6,8,10H2,1H3,(H,16,19)(H2,17,18,20)/t15-/m0/s1. The molecule has 7 nitrogen and oxygen atoms in total. The largest absolute Gasteiger partial charge is 0.332 e. The SMILES string of the molecule is C[C@]1(NC(=O)Nc2cccc(-c3ccn[nH]3)c2)CCS(=O)(=O)C1. The molecule has 1 atom stereocenters. The molecule has 1 aliphatic rings. The molecule has 23 heavy (non-hydrogen) atoms. The van der Waals surface area contributed by atoms with E-state index >= 15 is 0 Å². The van der Waals surface area contributed by atoms with Crippen LogP contribution in [0.15, 0.2) is 36.5 Å². The number of hydrogen-bond donors (Lipinski definition) is 3. The van der Waals surface area contributed by atoms with E-state index in [1.54, 1.807) is 19.2 Å². The van der Waals surface area contributed by atoms with Crippen molar-refractivity contribution in [2.24, 2.45) is 0 Å². The van der Waals surface area contributed by atoms with Crippen LogP contribution in [0.1, 0.15) is 13.3 Å². The zero-order chi connectivity index (χ0) is 16.5. The Balaban J connectivity index is 1.68. The van der Waals surface area contributed by atoms with Crippen molar-refractivity contribution in [3.8, 4) is 11.3 Å². The molecule has 2 aromatic rings. The lowest BCUT2D eigenvalue weighted by Gasteiger charge is -2.24. The molecule has 1 aliphatic heterocycles. The van der Waals surface area contributed by atoms with Crippen LogP contribution in [0, 0.1) is 0 Å². The molecule has 0 saturated carbocycles. The third-order valence-electron chi connectivity index (χ3n) is 3.85. The van der Waals surface area contributed by atoms with Crippen LogP contribution in [0.4, 0.5) is 10.5 Å². The van der Waals surface area contributed by atoms with Gasteiger partial charge in [-0.2, -0.15) is 5.10 Å². The predicted molar refractivity (Wildman–Crippen MR) is 87.9 cm³/mol. The second-order valence-electron chi connectivity index (χ2n) is 6.03. The number of rotatable bonds is 3. The first-order chi connectivity index (χ1) is 10.9. The van der Waals surface area contributed by atoms with Gasteiger partial charge in [-0.1, -0.05) is 12.1 Å². The molecular formula is C15H18N4O3S. The van der Waals surface area contributed by atoms with Crippen LogP contribution in [0.25, 0.3) is 11.3 Å². The lowest BCUT2D eigenvalue weighted by Crippen LogP contribution is -2.48. The number of aromatic nitrogens is 2. The molecule has 1 saturated heterocycles. The normalized spacial score (nSPS) is 22.7. The maximum atomic E-state index is 12.1. The first-order valence-electron chi connectivity index (χ1n) is 7.25. The van der Waals surface area contributed by atoms with Crippen LogP contribution in [-0.4, -0.2) is 41.7 Å². The van der Waals surface area contributed by atoms with E-state index in [9.17, 15) is 13.2 Å². The number of urea groups is 1. The molecule has 0 unspecified atom stereocenters. The number of nitrogens with one attached hydrogen (secondary N) is 3. The van der Waals surface area contributed by atoms with Gasteiger partial charge in [0, 0.05) is 17.4 Å². The third-order valence-corrected chi connectivity index (χ3v) is 5.75. The van der Waals surface area contributed by atoms with Gasteiger partial charge < -0.3 is 10.6 Å². The summed E-state index contributed by atoms with van der Waals surface area (Å²) in [6, 6.07) is 8.75. The van der Waals surface area contributed by atoms with Crippen molar-refractivity contribution in [2.45, 2.75) is 18.9 Å². The average Bonchev–Trinajstić information content (AvgIpc) is 3.07. The van der Waals surface area contributed by atoms with Crippen molar-refractivity contribution < 1.29 is 13.2 Å². The molecule has 0 spiro atoms. The van der Waals surface area contributed by atoms with Gasteiger partial charge in [0.15, 0.2) is 9.84 Å². The quantitative estimate of drug-likeness (QED) is 0.796. The summed E-state index contributed by atoms with van der Waals surface area (Å²) >= 11 is 0. The first-order valence-corrected chi connectivity index (χ1v) is 9.07. The van der Waals surface area contributed by atoms with Gasteiger partial charge in [0.25, 0.3) is 0 Å². The Bertz CT molecular complexity index is 817. The number of carbonyl (C=O) groups is 1. The minimum atomic E-state index is -3.06. The third kappa shape index (κ3) is 3.70. The van der Waals surface area contributed by atoms with Crippen LogP contribution in [0.3, 0.4) is 0 Å². The highest BCUT2D eigenvalue weighted by Crippen LogP contribution is 2.24. The van der Waals surface area contributed by atoms with Gasteiger partial charge in [0.1, 0.15) is 0 Å². The zero-order valence-electron chi connectivity index (χ0n) is 12.7. The molecule has 1 aromatic carbocycles. The van der Waals surface area contributed by atoms with Crippen LogP contribution in [-0.2, 0) is 9.84 Å². The molecule has 0 bridgehead atoms. The molecule has 1 fully saturated rings. The van der Waals surface area contributed by atoms with Crippen molar-refractivity contribution in [2.75, 3.05) is 16.8 Å². The Labute approximate surface area is 134 Å². The van der Waals surface area contributed by atoms with E-state index in [1.807, 2.05) is 24.3 Å². The van der Waals surface area contributed by atoms with E-state index in [0.717, 1.165) is 11.3 Å². The Hall–Kier alpha value is -2.35. The van der Waals surface area contributed by atoms with Crippen molar-refractivity contribution in [1.82, 2.24) is 15.5 Å². The van der Waals surface area contributed by atoms with Crippen molar-refractivity contribution in [3.63, 3.8) is 0 Å².